The van der Waals surface area contributed by atoms with E-state index in [4.69, 9.17) is 4.74 Å². The topological polar surface area (TPSA) is 41.6 Å². The Morgan fingerprint density at radius 2 is 2.10 bits per heavy atom. The zero-order valence-electron chi connectivity index (χ0n) is 12.5. The van der Waals surface area contributed by atoms with Crippen LogP contribution in [0.2, 0.25) is 0 Å². The third-order valence-electron chi connectivity index (χ3n) is 4.34. The second-order valence-electron chi connectivity index (χ2n) is 6.03. The van der Waals surface area contributed by atoms with Crippen LogP contribution in [0.3, 0.4) is 0 Å². The summed E-state index contributed by atoms with van der Waals surface area (Å²) in [6.07, 6.45) is 4.12. The van der Waals surface area contributed by atoms with E-state index in [2.05, 4.69) is 29.6 Å². The first-order chi connectivity index (χ1) is 10.3. The Labute approximate surface area is 126 Å². The molecule has 0 spiro atoms. The third-order valence-corrected chi connectivity index (χ3v) is 4.34. The van der Waals surface area contributed by atoms with E-state index in [0.717, 1.165) is 45.0 Å². The smallest absolute Gasteiger partial charge is 0.227 e. The molecule has 2 aliphatic heterocycles. The first-order valence-corrected chi connectivity index (χ1v) is 8.01. The molecule has 0 aliphatic carbocycles. The Morgan fingerprint density at radius 3 is 2.76 bits per heavy atom. The number of nitrogens with one attached hydrogen (secondary N) is 1. The van der Waals surface area contributed by atoms with Crippen LogP contribution in [0.15, 0.2) is 24.3 Å². The molecule has 2 saturated heterocycles. The molecule has 2 heterocycles. The molecule has 4 nitrogen and oxygen atoms in total. The Bertz CT molecular complexity index is 466. The predicted molar refractivity (Wildman–Crippen MR) is 83.3 cm³/mol. The SMILES string of the molecule is O=C1CCCN1c1ccc(CNCC2CCCOC2)cc1. The van der Waals surface area contributed by atoms with Crippen LogP contribution in [-0.4, -0.2) is 32.2 Å². The van der Waals surface area contributed by atoms with Crippen molar-refractivity contribution < 1.29 is 9.53 Å². The molecule has 1 N–H and O–H groups in total. The number of ether oxygens (including phenoxy) is 1. The van der Waals surface area contributed by atoms with E-state index in [-0.39, 0.29) is 5.91 Å². The first-order valence-electron chi connectivity index (χ1n) is 8.01. The van der Waals surface area contributed by atoms with E-state index in [0.29, 0.717) is 12.3 Å². The molecule has 1 aromatic carbocycles. The second-order valence-corrected chi connectivity index (χ2v) is 6.03. The zero-order valence-corrected chi connectivity index (χ0v) is 12.5. The number of carbonyl (C=O) groups excluding carboxylic acids is 1. The number of benzene rings is 1. The van der Waals surface area contributed by atoms with Crippen molar-refractivity contribution in [3.05, 3.63) is 29.8 Å². The van der Waals surface area contributed by atoms with Gasteiger partial charge < -0.3 is 15.0 Å². The second kappa shape index (κ2) is 7.05. The summed E-state index contributed by atoms with van der Waals surface area (Å²) in [7, 11) is 0. The fourth-order valence-electron chi connectivity index (χ4n) is 3.10. The van der Waals surface area contributed by atoms with Gasteiger partial charge in [-0.3, -0.25) is 4.79 Å². The average Bonchev–Trinajstić information content (AvgIpc) is 2.95. The van der Waals surface area contributed by atoms with E-state index in [1.165, 1.54) is 18.4 Å². The van der Waals surface area contributed by atoms with Crippen molar-refractivity contribution in [2.24, 2.45) is 5.92 Å². The molecule has 1 aromatic rings. The molecule has 114 valence electrons. The lowest BCUT2D eigenvalue weighted by atomic mass is 10.0. The molecule has 2 aliphatic rings. The fourth-order valence-corrected chi connectivity index (χ4v) is 3.10. The Morgan fingerprint density at radius 1 is 1.24 bits per heavy atom. The summed E-state index contributed by atoms with van der Waals surface area (Å²) in [6, 6.07) is 8.35. The number of hydrogen-bond donors (Lipinski definition) is 1. The Balaban J connectivity index is 1.46. The summed E-state index contributed by atoms with van der Waals surface area (Å²) in [6.45, 7) is 4.57. The van der Waals surface area contributed by atoms with E-state index in [9.17, 15) is 4.79 Å². The van der Waals surface area contributed by atoms with Crippen molar-refractivity contribution in [3.8, 4) is 0 Å². The molecule has 1 unspecified atom stereocenters. The molecule has 1 atom stereocenters. The maximum atomic E-state index is 11.7. The maximum Gasteiger partial charge on any atom is 0.227 e. The maximum absolute atomic E-state index is 11.7. The number of anilines is 1. The monoisotopic (exact) mass is 288 g/mol. The van der Waals surface area contributed by atoms with Crippen LogP contribution in [-0.2, 0) is 16.1 Å². The van der Waals surface area contributed by atoms with Gasteiger partial charge in [0.2, 0.25) is 5.91 Å². The van der Waals surface area contributed by atoms with Crippen molar-refractivity contribution in [2.75, 3.05) is 31.2 Å². The van der Waals surface area contributed by atoms with Gasteiger partial charge in [0.15, 0.2) is 0 Å². The first kappa shape index (κ1) is 14.5. The van der Waals surface area contributed by atoms with Gasteiger partial charge in [0.25, 0.3) is 0 Å². The standard InChI is InChI=1S/C17H24N2O2/c20-17-4-1-9-19(17)16-7-5-14(6-8-16)11-18-12-15-3-2-10-21-13-15/h5-8,15,18H,1-4,9-13H2. The van der Waals surface area contributed by atoms with Gasteiger partial charge in [-0.05, 0) is 42.9 Å². The molecular formula is C17H24N2O2. The molecule has 4 heteroatoms. The van der Waals surface area contributed by atoms with E-state index < -0.39 is 0 Å². The lowest BCUT2D eigenvalue weighted by Crippen LogP contribution is -2.28. The number of amides is 1. The lowest BCUT2D eigenvalue weighted by molar-refractivity contribution is -0.117. The molecule has 2 fully saturated rings. The Hall–Kier alpha value is -1.39. The van der Waals surface area contributed by atoms with Crippen molar-refractivity contribution in [1.82, 2.24) is 5.32 Å². The highest BCUT2D eigenvalue weighted by molar-refractivity contribution is 5.95. The predicted octanol–water partition coefficient (Wildman–Crippen LogP) is 2.33. The highest BCUT2D eigenvalue weighted by Gasteiger charge is 2.21. The van der Waals surface area contributed by atoms with Crippen LogP contribution in [0, 0.1) is 5.92 Å². The number of hydrogen-bond acceptors (Lipinski definition) is 3. The van der Waals surface area contributed by atoms with Crippen molar-refractivity contribution >= 4 is 11.6 Å². The summed E-state index contributed by atoms with van der Waals surface area (Å²) < 4.78 is 5.49. The van der Waals surface area contributed by atoms with Crippen molar-refractivity contribution in [3.63, 3.8) is 0 Å². The summed E-state index contributed by atoms with van der Waals surface area (Å²) in [4.78, 5) is 13.6. The molecular weight excluding hydrogens is 264 g/mol. The van der Waals surface area contributed by atoms with Gasteiger partial charge in [-0.15, -0.1) is 0 Å². The van der Waals surface area contributed by atoms with Crippen LogP contribution in [0.25, 0.3) is 0 Å². The molecule has 0 radical (unpaired) electrons. The normalized spacial score (nSPS) is 22.8. The third kappa shape index (κ3) is 3.83. The summed E-state index contributed by atoms with van der Waals surface area (Å²) >= 11 is 0. The van der Waals surface area contributed by atoms with Gasteiger partial charge in [0.05, 0.1) is 6.61 Å². The van der Waals surface area contributed by atoms with Crippen LogP contribution in [0.1, 0.15) is 31.2 Å². The number of rotatable bonds is 5. The molecule has 0 aromatic heterocycles. The van der Waals surface area contributed by atoms with Gasteiger partial charge in [-0.1, -0.05) is 12.1 Å². The molecule has 1 amide bonds. The van der Waals surface area contributed by atoms with E-state index in [1.54, 1.807) is 0 Å². The minimum Gasteiger partial charge on any atom is -0.381 e. The largest absolute Gasteiger partial charge is 0.381 e. The minimum atomic E-state index is 0.248. The fraction of sp³-hybridized carbons (Fsp3) is 0.588. The zero-order chi connectivity index (χ0) is 14.5. The van der Waals surface area contributed by atoms with Gasteiger partial charge in [0.1, 0.15) is 0 Å². The lowest BCUT2D eigenvalue weighted by Gasteiger charge is -2.22. The van der Waals surface area contributed by atoms with Crippen molar-refractivity contribution in [1.29, 1.82) is 0 Å². The van der Waals surface area contributed by atoms with Crippen LogP contribution < -0.4 is 10.2 Å². The molecule has 21 heavy (non-hydrogen) atoms. The van der Waals surface area contributed by atoms with Gasteiger partial charge in [-0.25, -0.2) is 0 Å². The van der Waals surface area contributed by atoms with E-state index >= 15 is 0 Å². The number of nitrogens with zero attached hydrogens (tertiary/aromatic N) is 1. The summed E-state index contributed by atoms with van der Waals surface area (Å²) in [5, 5.41) is 3.51. The Kier molecular flexibility index (Phi) is 4.88. The molecule has 0 bridgehead atoms. The summed E-state index contributed by atoms with van der Waals surface area (Å²) in [5.41, 5.74) is 2.30. The van der Waals surface area contributed by atoms with Gasteiger partial charge in [-0.2, -0.15) is 0 Å². The quantitative estimate of drug-likeness (QED) is 0.904. The number of carbonyl (C=O) groups is 1. The van der Waals surface area contributed by atoms with Crippen LogP contribution in [0.5, 0.6) is 0 Å². The summed E-state index contributed by atoms with van der Waals surface area (Å²) in [5.74, 6) is 0.901. The van der Waals surface area contributed by atoms with Crippen LogP contribution in [0.4, 0.5) is 5.69 Å². The van der Waals surface area contributed by atoms with Crippen LogP contribution >= 0.6 is 0 Å². The molecule has 0 saturated carbocycles. The van der Waals surface area contributed by atoms with Gasteiger partial charge >= 0.3 is 0 Å². The average molecular weight is 288 g/mol. The molecule has 3 rings (SSSR count). The minimum absolute atomic E-state index is 0.248. The van der Waals surface area contributed by atoms with Gasteiger partial charge in [0, 0.05) is 38.3 Å². The van der Waals surface area contributed by atoms with E-state index in [1.807, 2.05) is 4.90 Å². The van der Waals surface area contributed by atoms with Crippen molar-refractivity contribution in [2.45, 2.75) is 32.2 Å². The highest BCUT2D eigenvalue weighted by atomic mass is 16.5. The highest BCUT2D eigenvalue weighted by Crippen LogP contribution is 2.21.